The number of nitrogens with one attached hydrogen (secondary N) is 2. The number of carbonyl (C=O) groups is 2. The first-order valence-electron chi connectivity index (χ1n) is 10.2. The van der Waals surface area contributed by atoms with Gasteiger partial charge in [0, 0.05) is 24.5 Å². The molecule has 5 N–H and O–H groups in total. The second-order valence-electron chi connectivity index (χ2n) is 7.39. The zero-order valence-corrected chi connectivity index (χ0v) is 19.8. The van der Waals surface area contributed by atoms with E-state index < -0.39 is 24.6 Å². The summed E-state index contributed by atoms with van der Waals surface area (Å²) in [5, 5.41) is 14.5. The van der Waals surface area contributed by atoms with Gasteiger partial charge in [-0.05, 0) is 43.9 Å². The molecule has 168 valence electrons. The molecule has 0 spiro atoms. The number of carbonyl (C=O) groups excluding carboxylic acids is 2. The Balaban J connectivity index is 2.69. The van der Waals surface area contributed by atoms with Gasteiger partial charge in [-0.3, -0.25) is 9.59 Å². The molecule has 9 heteroatoms. The average molecular weight is 455 g/mol. The molecule has 1 rings (SSSR count). The molecule has 0 bridgehead atoms. The van der Waals surface area contributed by atoms with Crippen molar-refractivity contribution in [2.45, 2.75) is 52.0 Å². The topological polar surface area (TPSA) is 108 Å². The second kappa shape index (κ2) is 13.6. The highest BCUT2D eigenvalue weighted by molar-refractivity contribution is 8.22. The van der Waals surface area contributed by atoms with E-state index in [2.05, 4.69) is 29.4 Å². The van der Waals surface area contributed by atoms with Crippen LogP contribution in [0.1, 0.15) is 39.7 Å². The van der Waals surface area contributed by atoms with E-state index >= 15 is 0 Å². The molecule has 1 aromatic carbocycles. The molecule has 0 unspecified atom stereocenters. The third kappa shape index (κ3) is 8.99. The number of benzene rings is 1. The van der Waals surface area contributed by atoms with Gasteiger partial charge < -0.3 is 26.4 Å². The van der Waals surface area contributed by atoms with Gasteiger partial charge in [-0.25, -0.2) is 0 Å². The van der Waals surface area contributed by atoms with Gasteiger partial charge in [0.05, 0.1) is 6.61 Å². The first-order chi connectivity index (χ1) is 14.2. The number of nitrogens with two attached hydrogens (primary N) is 1. The summed E-state index contributed by atoms with van der Waals surface area (Å²) in [6.07, 6.45) is 0.466. The van der Waals surface area contributed by atoms with E-state index in [-0.39, 0.29) is 11.8 Å². The molecule has 0 aliphatic heterocycles. The molecule has 0 radical (unpaired) electrons. The number of thioether (sulfide) groups is 1. The van der Waals surface area contributed by atoms with Crippen LogP contribution in [0.25, 0.3) is 0 Å². The fourth-order valence-corrected chi connectivity index (χ4v) is 4.05. The van der Waals surface area contributed by atoms with Crippen LogP contribution in [-0.2, 0) is 15.3 Å². The van der Waals surface area contributed by atoms with Crippen molar-refractivity contribution in [3.63, 3.8) is 0 Å². The summed E-state index contributed by atoms with van der Waals surface area (Å²) >= 11 is 7.07. The van der Waals surface area contributed by atoms with Gasteiger partial charge in [0.1, 0.15) is 16.4 Å². The second-order valence-corrected chi connectivity index (χ2v) is 9.00. The summed E-state index contributed by atoms with van der Waals surface area (Å²) in [5.74, 6) is 0.0941. The highest BCUT2D eigenvalue weighted by Gasteiger charge is 2.24. The minimum absolute atomic E-state index is 0.195. The first kappa shape index (κ1) is 26.4. The maximum absolute atomic E-state index is 12.7. The number of hydrogen-bond acceptors (Lipinski definition) is 6. The Hall–Kier alpha value is -1.68. The van der Waals surface area contributed by atoms with Gasteiger partial charge in [0.25, 0.3) is 0 Å². The molecule has 0 saturated carbocycles. The lowest BCUT2D eigenvalue weighted by Crippen LogP contribution is -2.51. The van der Waals surface area contributed by atoms with Crippen molar-refractivity contribution in [3.8, 4) is 0 Å². The van der Waals surface area contributed by atoms with Gasteiger partial charge in [-0.2, -0.15) is 0 Å². The smallest absolute Gasteiger partial charge is 0.246 e. The number of nitrogens with zero attached hydrogens (tertiary/aromatic N) is 1. The zero-order chi connectivity index (χ0) is 22.7. The van der Waals surface area contributed by atoms with Crippen molar-refractivity contribution in [1.29, 1.82) is 0 Å². The molecule has 7 nitrogen and oxygen atoms in total. The molecule has 2 atom stereocenters. The molecule has 0 aliphatic rings. The third-order valence-electron chi connectivity index (χ3n) is 4.48. The monoisotopic (exact) mass is 454 g/mol. The van der Waals surface area contributed by atoms with Crippen molar-refractivity contribution in [3.05, 3.63) is 29.8 Å². The predicted molar refractivity (Wildman–Crippen MR) is 128 cm³/mol. The summed E-state index contributed by atoms with van der Waals surface area (Å²) in [6.45, 7) is 9.41. The summed E-state index contributed by atoms with van der Waals surface area (Å²) in [4.78, 5) is 26.8. The van der Waals surface area contributed by atoms with Crippen molar-refractivity contribution >= 4 is 45.8 Å². The minimum Gasteiger partial charge on any atom is -0.394 e. The van der Waals surface area contributed by atoms with Crippen molar-refractivity contribution in [1.82, 2.24) is 10.2 Å². The SMILES string of the molecule is CCN(CC)C(=S)SCc1ccc(NC(=O)[C@@H](CC(C)C)NC(=O)[C@H](N)CO)cc1. The molecule has 0 saturated heterocycles. The molecule has 0 heterocycles. The number of aliphatic hydroxyl groups excluding tert-OH is 1. The van der Waals surface area contributed by atoms with Crippen LogP contribution in [0.4, 0.5) is 5.69 Å². The van der Waals surface area contributed by atoms with Gasteiger partial charge in [0.15, 0.2) is 0 Å². The Morgan fingerprint density at radius 3 is 2.27 bits per heavy atom. The molecular weight excluding hydrogens is 420 g/mol. The summed E-state index contributed by atoms with van der Waals surface area (Å²) in [5.41, 5.74) is 7.30. The normalized spacial score (nSPS) is 12.9. The summed E-state index contributed by atoms with van der Waals surface area (Å²) in [7, 11) is 0. The fraction of sp³-hybridized carbons (Fsp3) is 0.571. The molecule has 2 amide bonds. The Morgan fingerprint density at radius 1 is 1.17 bits per heavy atom. The van der Waals surface area contributed by atoms with E-state index in [4.69, 9.17) is 23.1 Å². The number of aliphatic hydroxyl groups is 1. The van der Waals surface area contributed by atoms with Crippen LogP contribution in [0.3, 0.4) is 0 Å². The number of rotatable bonds is 11. The minimum atomic E-state index is -1.05. The third-order valence-corrected chi connectivity index (χ3v) is 6.07. The quantitative estimate of drug-likeness (QED) is 0.380. The van der Waals surface area contributed by atoms with Crippen molar-refractivity contribution in [2.75, 3.05) is 25.0 Å². The maximum atomic E-state index is 12.7. The van der Waals surface area contributed by atoms with Crippen LogP contribution in [0.15, 0.2) is 24.3 Å². The predicted octanol–water partition coefficient (Wildman–Crippen LogP) is 2.34. The molecular formula is C21H34N4O3S2. The molecule has 0 fully saturated rings. The van der Waals surface area contributed by atoms with Crippen LogP contribution < -0.4 is 16.4 Å². The van der Waals surface area contributed by atoms with Gasteiger partial charge >= 0.3 is 0 Å². The largest absolute Gasteiger partial charge is 0.394 e. The Labute approximate surface area is 189 Å². The van der Waals surface area contributed by atoms with Crippen LogP contribution in [-0.4, -0.2) is 57.9 Å². The zero-order valence-electron chi connectivity index (χ0n) is 18.2. The van der Waals surface area contributed by atoms with Crippen LogP contribution in [0.5, 0.6) is 0 Å². The van der Waals surface area contributed by atoms with Crippen molar-refractivity contribution in [2.24, 2.45) is 11.7 Å². The number of hydrogen-bond donors (Lipinski definition) is 4. The molecule has 30 heavy (non-hydrogen) atoms. The van der Waals surface area contributed by atoms with Crippen LogP contribution in [0, 0.1) is 5.92 Å². The van der Waals surface area contributed by atoms with Crippen molar-refractivity contribution < 1.29 is 14.7 Å². The Bertz CT molecular complexity index is 694. The van der Waals surface area contributed by atoms with E-state index in [1.165, 1.54) is 0 Å². The highest BCUT2D eigenvalue weighted by atomic mass is 32.2. The summed E-state index contributed by atoms with van der Waals surface area (Å²) < 4.78 is 0.880. The lowest BCUT2D eigenvalue weighted by molar-refractivity contribution is -0.128. The standard InChI is InChI=1S/C21H34N4O3S2/c1-5-25(6-2)21(29)30-13-15-7-9-16(10-8-15)23-20(28)18(11-14(3)4)24-19(27)17(22)12-26/h7-10,14,17-18,26H,5-6,11-13,22H2,1-4H3,(H,23,28)(H,24,27)/t17-,18-/m1/s1. The van der Waals surface area contributed by atoms with E-state index in [9.17, 15) is 9.59 Å². The first-order valence-corrected chi connectivity index (χ1v) is 11.6. The van der Waals surface area contributed by atoms with Gasteiger partial charge in [-0.1, -0.05) is 50.0 Å². The van der Waals surface area contributed by atoms with E-state index in [1.54, 1.807) is 11.8 Å². The average Bonchev–Trinajstić information content (AvgIpc) is 2.72. The molecule has 0 aromatic heterocycles. The lowest BCUT2D eigenvalue weighted by Gasteiger charge is -2.22. The van der Waals surface area contributed by atoms with Crippen LogP contribution in [0.2, 0.25) is 0 Å². The van der Waals surface area contributed by atoms with Gasteiger partial charge in [0.2, 0.25) is 11.8 Å². The molecule has 1 aromatic rings. The molecule has 0 aliphatic carbocycles. The van der Waals surface area contributed by atoms with E-state index in [0.717, 1.165) is 28.7 Å². The lowest BCUT2D eigenvalue weighted by atomic mass is 10.0. The van der Waals surface area contributed by atoms with Crippen LogP contribution >= 0.6 is 24.0 Å². The van der Waals surface area contributed by atoms with E-state index in [0.29, 0.717) is 12.1 Å². The fourth-order valence-electron chi connectivity index (χ4n) is 2.70. The summed E-state index contributed by atoms with van der Waals surface area (Å²) in [6, 6.07) is 5.80. The highest BCUT2D eigenvalue weighted by Crippen LogP contribution is 2.19. The number of anilines is 1. The van der Waals surface area contributed by atoms with E-state index in [1.807, 2.05) is 38.1 Å². The Kier molecular flexibility index (Phi) is 11.9. The number of thiocarbonyl (C=S) groups is 1. The Morgan fingerprint density at radius 2 is 1.77 bits per heavy atom. The number of amides is 2. The van der Waals surface area contributed by atoms with Gasteiger partial charge in [-0.15, -0.1) is 0 Å². The maximum Gasteiger partial charge on any atom is 0.246 e.